The molecule has 0 aromatic carbocycles. The second kappa shape index (κ2) is 25.5. The molecule has 1 N–H and O–H groups in total. The highest BCUT2D eigenvalue weighted by Gasteiger charge is 2.26. The number of hydrogen-bond acceptors (Lipinski definition) is 7. The number of carbonyl (C=O) groups excluding carboxylic acids is 1. The molecule has 0 fully saturated rings. The summed E-state index contributed by atoms with van der Waals surface area (Å²) >= 11 is 0. The van der Waals surface area contributed by atoms with Gasteiger partial charge in [0.2, 0.25) is 0 Å². The summed E-state index contributed by atoms with van der Waals surface area (Å²) < 4.78 is 26.8. The van der Waals surface area contributed by atoms with Crippen LogP contribution in [0.3, 0.4) is 0 Å². The van der Waals surface area contributed by atoms with Crippen LogP contribution in [-0.2, 0) is 23.1 Å². The molecule has 0 rings (SSSR count). The standard InChI is InChI=1S/C27H50NO7P/c1-26(33-2)20-18-16-14-12-10-8-6-4-3-5-7-9-11-13-15-17-19-21-27(22-24-29)35-36(31,32)34-25-23-28-30/h8,10,16,18,24,26-27H,3-7,9,11-15,17,19-23,25H2,1-2H3,(H,31,32)/b10-8-,18-16+/t26-,27+/m1/s1. The van der Waals surface area contributed by atoms with Crippen molar-refractivity contribution >= 4 is 14.1 Å². The monoisotopic (exact) mass is 531 g/mol. The van der Waals surface area contributed by atoms with Crippen molar-refractivity contribution < 1.29 is 28.0 Å². The van der Waals surface area contributed by atoms with Crippen molar-refractivity contribution in [2.24, 2.45) is 5.18 Å². The van der Waals surface area contributed by atoms with Gasteiger partial charge in [-0.2, -0.15) is 4.91 Å². The van der Waals surface area contributed by atoms with Gasteiger partial charge in [-0.15, -0.1) is 0 Å². The molecule has 0 aromatic rings. The molecule has 1 unspecified atom stereocenters. The van der Waals surface area contributed by atoms with Crippen molar-refractivity contribution in [1.29, 1.82) is 0 Å². The molecule has 0 aromatic heterocycles. The van der Waals surface area contributed by atoms with Crippen LogP contribution >= 0.6 is 7.82 Å². The van der Waals surface area contributed by atoms with E-state index in [0.717, 1.165) is 38.5 Å². The second-order valence-electron chi connectivity index (χ2n) is 9.20. The zero-order chi connectivity index (χ0) is 26.7. The van der Waals surface area contributed by atoms with Gasteiger partial charge in [-0.1, -0.05) is 87.3 Å². The quantitative estimate of drug-likeness (QED) is 0.0378. The summed E-state index contributed by atoms with van der Waals surface area (Å²) in [5.41, 5.74) is 0. The number of phosphoric acid groups is 1. The van der Waals surface area contributed by atoms with E-state index in [1.807, 2.05) is 0 Å². The maximum Gasteiger partial charge on any atom is 0.472 e. The van der Waals surface area contributed by atoms with Gasteiger partial charge in [-0.05, 0) is 45.4 Å². The van der Waals surface area contributed by atoms with Gasteiger partial charge >= 0.3 is 7.82 Å². The van der Waals surface area contributed by atoms with Crippen molar-refractivity contribution in [2.45, 2.75) is 122 Å². The summed E-state index contributed by atoms with van der Waals surface area (Å²) in [6, 6.07) is 0. The highest BCUT2D eigenvalue weighted by atomic mass is 31.2. The summed E-state index contributed by atoms with van der Waals surface area (Å²) in [6.45, 7) is 1.57. The number of nitrogens with zero attached hydrogens (tertiary/aromatic N) is 1. The summed E-state index contributed by atoms with van der Waals surface area (Å²) in [5.74, 6) is 0. The summed E-state index contributed by atoms with van der Waals surface area (Å²) in [7, 11) is -2.53. The lowest BCUT2D eigenvalue weighted by molar-refractivity contribution is -0.109. The van der Waals surface area contributed by atoms with Crippen LogP contribution in [-0.4, -0.2) is 43.6 Å². The fourth-order valence-corrected chi connectivity index (χ4v) is 4.65. The van der Waals surface area contributed by atoms with Crippen molar-refractivity contribution in [3.8, 4) is 0 Å². The average molecular weight is 532 g/mol. The Bertz CT molecular complexity index is 627. The van der Waals surface area contributed by atoms with E-state index in [4.69, 9.17) is 9.26 Å². The minimum absolute atomic E-state index is 0.0433. The third kappa shape index (κ3) is 24.5. The van der Waals surface area contributed by atoms with E-state index in [0.29, 0.717) is 18.8 Å². The number of methoxy groups -OCH3 is 1. The number of ether oxygens (including phenoxy) is 1. The number of rotatable bonds is 27. The Balaban J connectivity index is 3.57. The van der Waals surface area contributed by atoms with Crippen LogP contribution < -0.4 is 0 Å². The van der Waals surface area contributed by atoms with Gasteiger partial charge in [0.05, 0.1) is 18.8 Å². The lowest BCUT2D eigenvalue weighted by Gasteiger charge is -2.18. The number of allylic oxidation sites excluding steroid dienone is 3. The van der Waals surface area contributed by atoms with Crippen LogP contribution in [0.2, 0.25) is 0 Å². The van der Waals surface area contributed by atoms with Crippen molar-refractivity contribution in [2.75, 3.05) is 20.3 Å². The van der Waals surface area contributed by atoms with Crippen LogP contribution in [0.15, 0.2) is 29.5 Å². The van der Waals surface area contributed by atoms with Gasteiger partial charge in [0.1, 0.15) is 12.8 Å². The fourth-order valence-electron chi connectivity index (χ4n) is 3.71. The van der Waals surface area contributed by atoms with Gasteiger partial charge in [0.15, 0.2) is 0 Å². The molecule has 0 radical (unpaired) electrons. The molecule has 9 heteroatoms. The van der Waals surface area contributed by atoms with E-state index in [1.54, 1.807) is 7.11 Å². The van der Waals surface area contributed by atoms with E-state index in [2.05, 4.69) is 40.9 Å². The molecule has 0 saturated heterocycles. The first-order chi connectivity index (χ1) is 17.4. The molecular formula is C27H50NO7P. The first-order valence-electron chi connectivity index (χ1n) is 13.7. The van der Waals surface area contributed by atoms with E-state index >= 15 is 0 Å². The minimum atomic E-state index is -4.27. The number of carbonyl (C=O) groups is 1. The van der Waals surface area contributed by atoms with Gasteiger partial charge in [-0.3, -0.25) is 9.05 Å². The van der Waals surface area contributed by atoms with Crippen LogP contribution in [0.4, 0.5) is 0 Å². The Morgan fingerprint density at radius 1 is 0.833 bits per heavy atom. The molecule has 0 amide bonds. The normalized spacial score (nSPS) is 15.3. The lowest BCUT2D eigenvalue weighted by Crippen LogP contribution is -2.13. The minimum Gasteiger partial charge on any atom is -0.381 e. The molecule has 0 aliphatic heterocycles. The average Bonchev–Trinajstić information content (AvgIpc) is 2.85. The van der Waals surface area contributed by atoms with Crippen molar-refractivity contribution in [1.82, 2.24) is 0 Å². The number of unbranched alkanes of at least 4 members (excludes halogenated alkanes) is 11. The Morgan fingerprint density at radius 3 is 1.97 bits per heavy atom. The zero-order valence-electron chi connectivity index (χ0n) is 22.6. The van der Waals surface area contributed by atoms with Crippen LogP contribution in [0.25, 0.3) is 0 Å². The topological polar surface area (TPSA) is 111 Å². The fraction of sp³-hybridized carbons (Fsp3) is 0.815. The highest BCUT2D eigenvalue weighted by molar-refractivity contribution is 7.47. The molecule has 210 valence electrons. The SMILES string of the molecule is CO[C@H](C)C/C=C/CC/C=C\CCCCCCCCCCCC[C@@H](CC=O)OP(=O)(O)OCCN=O. The third-order valence-electron chi connectivity index (χ3n) is 5.93. The molecule has 0 saturated carbocycles. The summed E-state index contributed by atoms with van der Waals surface area (Å²) in [5, 5.41) is 2.56. The molecule has 0 spiro atoms. The predicted molar refractivity (Wildman–Crippen MR) is 146 cm³/mol. The Hall–Kier alpha value is -1.18. The molecule has 8 nitrogen and oxygen atoms in total. The number of phosphoric ester groups is 1. The van der Waals surface area contributed by atoms with Crippen LogP contribution in [0.5, 0.6) is 0 Å². The molecule has 3 atom stereocenters. The maximum absolute atomic E-state index is 11.8. The number of hydrogen-bond donors (Lipinski definition) is 1. The number of nitroso groups, excluding NO2 is 1. The molecule has 36 heavy (non-hydrogen) atoms. The number of aldehydes is 1. The summed E-state index contributed by atoms with van der Waals surface area (Å²) in [4.78, 5) is 30.5. The molecule has 0 heterocycles. The summed E-state index contributed by atoms with van der Waals surface area (Å²) in [6.07, 6.45) is 26.1. The van der Waals surface area contributed by atoms with Crippen molar-refractivity contribution in [3.63, 3.8) is 0 Å². The van der Waals surface area contributed by atoms with Gasteiger partial charge in [0, 0.05) is 13.5 Å². The van der Waals surface area contributed by atoms with E-state index < -0.39 is 13.9 Å². The van der Waals surface area contributed by atoms with Crippen LogP contribution in [0.1, 0.15) is 110 Å². The Kier molecular flexibility index (Phi) is 24.6. The first kappa shape index (κ1) is 34.8. The van der Waals surface area contributed by atoms with Crippen molar-refractivity contribution in [3.05, 3.63) is 29.2 Å². The zero-order valence-corrected chi connectivity index (χ0v) is 23.5. The van der Waals surface area contributed by atoms with Gasteiger partial charge < -0.3 is 14.4 Å². The lowest BCUT2D eigenvalue weighted by atomic mass is 10.0. The van der Waals surface area contributed by atoms with Gasteiger partial charge in [-0.25, -0.2) is 4.57 Å². The molecular weight excluding hydrogens is 481 g/mol. The Labute approximate surface area is 218 Å². The first-order valence-corrected chi connectivity index (χ1v) is 15.2. The second-order valence-corrected chi connectivity index (χ2v) is 10.6. The van der Waals surface area contributed by atoms with Gasteiger partial charge in [0.25, 0.3) is 0 Å². The molecule has 0 bridgehead atoms. The molecule has 0 aliphatic carbocycles. The van der Waals surface area contributed by atoms with Crippen LogP contribution in [0, 0.1) is 4.91 Å². The largest absolute Gasteiger partial charge is 0.472 e. The van der Waals surface area contributed by atoms with E-state index in [-0.39, 0.29) is 19.6 Å². The van der Waals surface area contributed by atoms with E-state index in [1.165, 1.54) is 51.4 Å². The van der Waals surface area contributed by atoms with E-state index in [9.17, 15) is 19.2 Å². The highest BCUT2D eigenvalue weighted by Crippen LogP contribution is 2.45. The predicted octanol–water partition coefficient (Wildman–Crippen LogP) is 7.84. The third-order valence-corrected chi connectivity index (χ3v) is 7.00. The Morgan fingerprint density at radius 2 is 1.39 bits per heavy atom. The molecule has 0 aliphatic rings. The maximum atomic E-state index is 11.8. The smallest absolute Gasteiger partial charge is 0.381 e.